The molecule has 1 heterocycles. The van der Waals surface area contributed by atoms with Gasteiger partial charge in [-0.25, -0.2) is 10.0 Å². The Bertz CT molecular complexity index is 4760. The molecule has 90 heavy (non-hydrogen) atoms. The number of aromatic nitrogens is 1. The summed E-state index contributed by atoms with van der Waals surface area (Å²) in [6, 6.07) is 103. The van der Waals surface area contributed by atoms with Crippen LogP contribution in [-0.2, 0) is 5.41 Å². The second-order valence-corrected chi connectivity index (χ2v) is 29.0. The highest BCUT2D eigenvalue weighted by molar-refractivity contribution is 8.32. The number of hydrogen-bond acceptors (Lipinski definition) is 2. The van der Waals surface area contributed by atoms with Gasteiger partial charge in [0.1, 0.15) is 5.75 Å². The first-order valence-corrected chi connectivity index (χ1v) is 34.2. The van der Waals surface area contributed by atoms with Gasteiger partial charge < -0.3 is 14.2 Å². The maximum atomic E-state index is 6.33. The Kier molecular flexibility index (Phi) is 15.6. The van der Waals surface area contributed by atoms with Gasteiger partial charge in [-0.15, -0.1) is 0 Å². The van der Waals surface area contributed by atoms with E-state index in [9.17, 15) is 0 Å². The Labute approximate surface area is 532 Å². The zero-order valence-electron chi connectivity index (χ0n) is 51.9. The zero-order valence-corrected chi connectivity index (χ0v) is 52.7. The van der Waals surface area contributed by atoms with E-state index in [1.165, 1.54) is 105 Å². The van der Waals surface area contributed by atoms with Crippen molar-refractivity contribution >= 4 is 61.0 Å². The molecule has 1 unspecified atom stereocenters. The van der Waals surface area contributed by atoms with Crippen molar-refractivity contribution in [2.45, 2.75) is 32.1 Å². The molecule has 0 saturated carbocycles. The maximum Gasteiger partial charge on any atom is 0.119 e. The molecule has 0 fully saturated rings. The number of nitrogens with zero attached hydrogens (tertiary/aromatic N) is 2. The third kappa shape index (κ3) is 11.0. The fraction of sp³-hybridized carbons (Fsp3) is 0.116. The Balaban J connectivity index is 0.813. The first-order valence-electron chi connectivity index (χ1n) is 31.4. The molecular weight excluding hydrogens is 1110 g/mol. The van der Waals surface area contributed by atoms with Crippen molar-refractivity contribution in [1.82, 2.24) is 4.57 Å². The highest BCUT2D eigenvalue weighted by Crippen LogP contribution is 2.57. The maximum absolute atomic E-state index is 6.33. The van der Waals surface area contributed by atoms with Crippen LogP contribution >= 0.6 is 10.0 Å². The fourth-order valence-corrected chi connectivity index (χ4v) is 15.7. The third-order valence-corrected chi connectivity index (χ3v) is 21.4. The van der Waals surface area contributed by atoms with Crippen LogP contribution < -0.4 is 9.64 Å². The lowest BCUT2D eigenvalue weighted by Gasteiger charge is -2.37. The van der Waals surface area contributed by atoms with E-state index in [4.69, 9.17) is 4.74 Å². The Hall–Kier alpha value is -10.1. The summed E-state index contributed by atoms with van der Waals surface area (Å²) in [6.45, 7) is 13.1. The number of aryl methyl sites for hydroxylation is 2. The molecule has 0 radical (unpaired) electrons. The predicted molar refractivity (Wildman–Crippen MR) is 389 cm³/mol. The molecule has 3 nitrogen and oxygen atoms in total. The van der Waals surface area contributed by atoms with Gasteiger partial charge in [-0.3, -0.25) is 0 Å². The minimum atomic E-state index is -0.965. The summed E-state index contributed by atoms with van der Waals surface area (Å²) >= 11 is 0. The van der Waals surface area contributed by atoms with Crippen molar-refractivity contribution in [2.75, 3.05) is 35.5 Å². The predicted octanol–water partition coefficient (Wildman–Crippen LogP) is 23.1. The fourth-order valence-electron chi connectivity index (χ4n) is 14.0. The molecule has 0 saturated heterocycles. The average molecular weight is 1180 g/mol. The molecule has 13 aromatic rings. The van der Waals surface area contributed by atoms with Crippen LogP contribution in [0, 0.1) is 13.8 Å². The SMILES string of the molecule is C=Cc1ccc(OCCS(C)(C)CCCC2(c3ccccc3)c3ccccc3-c3ccc(N(c4ccc(-c5ccccc5)cc4)c4ccc(-c5cc(C)c(-c6ccc7c(c6)c6cc(-c8ccc(C=C)cc8)ccc6n7-c6ccccc6)cc5C)cc4)cc32)cc1. The lowest BCUT2D eigenvalue weighted by atomic mass is 9.69. The van der Waals surface area contributed by atoms with E-state index in [2.05, 4.69) is 328 Å². The van der Waals surface area contributed by atoms with Gasteiger partial charge >= 0.3 is 0 Å². The molecule has 0 spiro atoms. The van der Waals surface area contributed by atoms with Gasteiger partial charge in [0.25, 0.3) is 0 Å². The van der Waals surface area contributed by atoms with Crippen molar-refractivity contribution in [3.63, 3.8) is 0 Å². The molecule has 1 aliphatic carbocycles. The van der Waals surface area contributed by atoms with E-state index >= 15 is 0 Å². The number of hydrogen-bond donors (Lipinski definition) is 0. The van der Waals surface area contributed by atoms with E-state index in [0.29, 0.717) is 6.61 Å². The second-order valence-electron chi connectivity index (χ2n) is 24.7. The summed E-state index contributed by atoms with van der Waals surface area (Å²) < 4.78 is 8.73. The van der Waals surface area contributed by atoms with Crippen molar-refractivity contribution in [3.8, 4) is 67.1 Å². The van der Waals surface area contributed by atoms with Crippen molar-refractivity contribution < 1.29 is 4.74 Å². The monoisotopic (exact) mass is 1180 g/mol. The molecule has 0 aliphatic heterocycles. The minimum absolute atomic E-state index is 0.356. The second kappa shape index (κ2) is 24.4. The summed E-state index contributed by atoms with van der Waals surface area (Å²) in [4.78, 5) is 2.46. The highest BCUT2D eigenvalue weighted by atomic mass is 32.3. The Morgan fingerprint density at radius 2 is 0.911 bits per heavy atom. The normalized spacial score (nSPS) is 13.6. The molecule has 1 atom stereocenters. The van der Waals surface area contributed by atoms with Gasteiger partial charge in [0.05, 0.1) is 17.6 Å². The van der Waals surface area contributed by atoms with Crippen molar-refractivity contribution in [1.29, 1.82) is 0 Å². The Morgan fingerprint density at radius 3 is 1.56 bits per heavy atom. The summed E-state index contributed by atoms with van der Waals surface area (Å²) in [5.74, 6) is 3.11. The molecule has 0 bridgehead atoms. The molecule has 440 valence electrons. The van der Waals surface area contributed by atoms with Crippen LogP contribution in [0.3, 0.4) is 0 Å². The molecular formula is C86H74N2OS. The van der Waals surface area contributed by atoms with Crippen LogP contribution in [0.1, 0.15) is 51.8 Å². The molecule has 12 aromatic carbocycles. The first-order chi connectivity index (χ1) is 44.1. The van der Waals surface area contributed by atoms with E-state index < -0.39 is 10.0 Å². The zero-order chi connectivity index (χ0) is 61.3. The van der Waals surface area contributed by atoms with Crippen LogP contribution in [0.4, 0.5) is 17.1 Å². The van der Waals surface area contributed by atoms with Gasteiger partial charge in [0, 0.05) is 44.7 Å². The number of ether oxygens (including phenoxy) is 1. The summed E-state index contributed by atoms with van der Waals surface area (Å²) in [5, 5.41) is 2.46. The van der Waals surface area contributed by atoms with Gasteiger partial charge in [-0.05, 0) is 224 Å². The van der Waals surface area contributed by atoms with Gasteiger partial charge in [0.15, 0.2) is 0 Å². The van der Waals surface area contributed by atoms with Crippen molar-refractivity contribution in [3.05, 3.63) is 331 Å². The summed E-state index contributed by atoms with van der Waals surface area (Å²) in [5.41, 5.74) is 27.5. The minimum Gasteiger partial charge on any atom is -0.493 e. The van der Waals surface area contributed by atoms with Crippen LogP contribution in [0.15, 0.2) is 292 Å². The van der Waals surface area contributed by atoms with Gasteiger partial charge in [0.2, 0.25) is 0 Å². The third-order valence-electron chi connectivity index (χ3n) is 18.7. The number of rotatable bonds is 19. The molecule has 1 aromatic heterocycles. The first kappa shape index (κ1) is 57.6. The van der Waals surface area contributed by atoms with E-state index in [0.717, 1.165) is 64.0 Å². The molecule has 1 aliphatic rings. The van der Waals surface area contributed by atoms with E-state index in [-0.39, 0.29) is 5.41 Å². The van der Waals surface area contributed by atoms with Gasteiger partial charge in [-0.1, -0.05) is 219 Å². The highest BCUT2D eigenvalue weighted by Gasteiger charge is 2.44. The van der Waals surface area contributed by atoms with Crippen LogP contribution in [0.2, 0.25) is 0 Å². The smallest absolute Gasteiger partial charge is 0.119 e. The van der Waals surface area contributed by atoms with Crippen molar-refractivity contribution in [2.24, 2.45) is 0 Å². The van der Waals surface area contributed by atoms with Gasteiger partial charge in [-0.2, -0.15) is 0 Å². The van der Waals surface area contributed by atoms with Crippen LogP contribution in [0.5, 0.6) is 5.75 Å². The van der Waals surface area contributed by atoms with E-state index in [1.54, 1.807) is 0 Å². The number of anilines is 3. The van der Waals surface area contributed by atoms with Crippen LogP contribution in [-0.4, -0.2) is 35.2 Å². The number of benzene rings is 12. The van der Waals surface area contributed by atoms with E-state index in [1.807, 2.05) is 12.2 Å². The Morgan fingerprint density at radius 1 is 0.422 bits per heavy atom. The topological polar surface area (TPSA) is 17.4 Å². The number of fused-ring (bicyclic) bond motifs is 6. The molecule has 14 rings (SSSR count). The lowest BCUT2D eigenvalue weighted by molar-refractivity contribution is 0.343. The summed E-state index contributed by atoms with van der Waals surface area (Å²) in [7, 11) is -0.965. The average Bonchev–Trinajstić information content (AvgIpc) is 1.55. The number of para-hydroxylation sites is 1. The molecule has 0 N–H and O–H groups in total. The molecule has 4 heteroatoms. The van der Waals surface area contributed by atoms with Crippen LogP contribution in [0.25, 0.3) is 95.3 Å². The molecule has 0 amide bonds. The largest absolute Gasteiger partial charge is 0.493 e. The quantitative estimate of drug-likeness (QED) is 0.0803. The standard InChI is InChI=1S/C86H74N2OS/c1-7-62-29-33-66(34-30-62)68-39-49-84-80(57-68)81-58-69(40-50-85(81)88(84)71-25-16-11-17-26-71)79-56-60(3)78(55-61(79)4)67-37-43-73(44-38-67)87(72-41-35-65(36-42-72)64-21-12-9-13-22-64)74-45-48-77-76-27-18-19-28-82(76)86(83(77)59-74,70-23-14-10-15-24-70)51-20-53-90(5,6)54-52-89-75-46-31-63(8-2)32-47-75/h7-19,21-50,55-59H,1-2,20,51-54H2,3-6H3. The summed E-state index contributed by atoms with van der Waals surface area (Å²) in [6.07, 6.45) is 10.8. The lowest BCUT2D eigenvalue weighted by Crippen LogP contribution is -2.28.